The Morgan fingerprint density at radius 2 is 1.89 bits per heavy atom. The first-order valence-electron chi connectivity index (χ1n) is 7.75. The predicted octanol–water partition coefficient (Wildman–Crippen LogP) is 1.87. The molecule has 2 aliphatic carbocycles. The minimum atomic E-state index is -3.10. The summed E-state index contributed by atoms with van der Waals surface area (Å²) in [4.78, 5) is 0. The first-order chi connectivity index (χ1) is 9.02. The summed E-state index contributed by atoms with van der Waals surface area (Å²) in [5.41, 5.74) is 0. The quantitative estimate of drug-likeness (QED) is 0.670. The lowest BCUT2D eigenvalue weighted by atomic mass is 9.94. The fourth-order valence-corrected chi connectivity index (χ4v) is 4.57. The third kappa shape index (κ3) is 4.72. The standard InChI is InChI=1S/C14H28N2O2S/c1-3-12-5-8-14(11(12)2)16-19(17,18)10-4-9-15-13-6-7-13/h11-16H,3-10H2,1-2H3. The second-order valence-corrected chi connectivity index (χ2v) is 8.10. The van der Waals surface area contributed by atoms with Crippen LogP contribution in [0.2, 0.25) is 0 Å². The highest BCUT2D eigenvalue weighted by Crippen LogP contribution is 2.34. The first-order valence-corrected chi connectivity index (χ1v) is 9.40. The summed E-state index contributed by atoms with van der Waals surface area (Å²) in [5, 5.41) is 3.36. The van der Waals surface area contributed by atoms with Crippen LogP contribution in [0.4, 0.5) is 0 Å². The number of rotatable bonds is 8. The molecule has 4 nitrogen and oxygen atoms in total. The second-order valence-electron chi connectivity index (χ2n) is 6.23. The van der Waals surface area contributed by atoms with E-state index in [2.05, 4.69) is 23.9 Å². The Balaban J connectivity index is 1.70. The summed E-state index contributed by atoms with van der Waals surface area (Å²) in [5.74, 6) is 1.42. The van der Waals surface area contributed by atoms with Crippen LogP contribution in [0.25, 0.3) is 0 Å². The number of hydrogen-bond acceptors (Lipinski definition) is 3. The van der Waals surface area contributed by atoms with Crippen LogP contribution >= 0.6 is 0 Å². The monoisotopic (exact) mass is 288 g/mol. The van der Waals surface area contributed by atoms with Crippen molar-refractivity contribution in [3.05, 3.63) is 0 Å². The van der Waals surface area contributed by atoms with Crippen molar-refractivity contribution in [3.63, 3.8) is 0 Å². The van der Waals surface area contributed by atoms with Gasteiger partial charge in [-0.3, -0.25) is 0 Å². The molecule has 3 atom stereocenters. The third-order valence-electron chi connectivity index (χ3n) is 4.68. The highest BCUT2D eigenvalue weighted by Gasteiger charge is 2.33. The molecule has 0 bridgehead atoms. The Morgan fingerprint density at radius 3 is 2.47 bits per heavy atom. The van der Waals surface area contributed by atoms with Crippen LogP contribution in [0, 0.1) is 11.8 Å². The molecule has 0 aromatic carbocycles. The molecule has 0 aromatic heterocycles. The number of nitrogens with one attached hydrogen (secondary N) is 2. The molecule has 5 heteroatoms. The summed E-state index contributed by atoms with van der Waals surface area (Å²) in [6.45, 7) is 5.20. The van der Waals surface area contributed by atoms with Gasteiger partial charge in [0, 0.05) is 12.1 Å². The lowest BCUT2D eigenvalue weighted by molar-refractivity contribution is 0.368. The molecular formula is C14H28N2O2S. The van der Waals surface area contributed by atoms with Crippen LogP contribution < -0.4 is 10.0 Å². The Hall–Kier alpha value is -0.130. The molecule has 0 saturated heterocycles. The van der Waals surface area contributed by atoms with Crippen LogP contribution in [0.5, 0.6) is 0 Å². The van der Waals surface area contributed by atoms with Crippen LogP contribution in [0.1, 0.15) is 52.4 Å². The molecule has 2 fully saturated rings. The first kappa shape index (κ1) is 15.3. The van der Waals surface area contributed by atoms with Gasteiger partial charge in [-0.15, -0.1) is 0 Å². The molecule has 2 aliphatic rings. The van der Waals surface area contributed by atoms with Crippen molar-refractivity contribution in [2.75, 3.05) is 12.3 Å². The van der Waals surface area contributed by atoms with Gasteiger partial charge in [-0.2, -0.15) is 0 Å². The molecule has 2 rings (SSSR count). The van der Waals surface area contributed by atoms with E-state index in [1.807, 2.05) is 0 Å². The van der Waals surface area contributed by atoms with Crippen molar-refractivity contribution >= 4 is 10.0 Å². The Bertz CT molecular complexity index is 379. The smallest absolute Gasteiger partial charge is 0.211 e. The van der Waals surface area contributed by atoms with Gasteiger partial charge in [0.05, 0.1) is 5.75 Å². The van der Waals surface area contributed by atoms with Gasteiger partial charge >= 0.3 is 0 Å². The average molecular weight is 288 g/mol. The highest BCUT2D eigenvalue weighted by atomic mass is 32.2. The van der Waals surface area contributed by atoms with Crippen molar-refractivity contribution in [3.8, 4) is 0 Å². The minimum Gasteiger partial charge on any atom is -0.314 e. The van der Waals surface area contributed by atoms with Gasteiger partial charge < -0.3 is 5.32 Å². The maximum atomic E-state index is 12.0. The van der Waals surface area contributed by atoms with Gasteiger partial charge in [-0.05, 0) is 50.5 Å². The van der Waals surface area contributed by atoms with Crippen LogP contribution in [-0.2, 0) is 10.0 Å². The van der Waals surface area contributed by atoms with E-state index in [1.165, 1.54) is 12.8 Å². The SMILES string of the molecule is CCC1CCC(NS(=O)(=O)CCCNC2CC2)C1C. The van der Waals surface area contributed by atoms with E-state index in [0.29, 0.717) is 24.3 Å². The lowest BCUT2D eigenvalue weighted by Gasteiger charge is -2.20. The molecule has 112 valence electrons. The van der Waals surface area contributed by atoms with E-state index in [9.17, 15) is 8.42 Å². The van der Waals surface area contributed by atoms with E-state index in [4.69, 9.17) is 0 Å². The Kier molecular flexibility index (Phi) is 5.26. The van der Waals surface area contributed by atoms with E-state index >= 15 is 0 Å². The van der Waals surface area contributed by atoms with Gasteiger partial charge in [0.15, 0.2) is 0 Å². The maximum Gasteiger partial charge on any atom is 0.211 e. The van der Waals surface area contributed by atoms with Crippen LogP contribution in [-0.4, -0.2) is 32.8 Å². The zero-order chi connectivity index (χ0) is 13.9. The summed E-state index contributed by atoms with van der Waals surface area (Å²) in [6, 6.07) is 0.821. The zero-order valence-corrected chi connectivity index (χ0v) is 13.0. The fourth-order valence-electron chi connectivity index (χ4n) is 3.14. The number of sulfonamides is 1. The molecular weight excluding hydrogens is 260 g/mol. The van der Waals surface area contributed by atoms with Crippen molar-refractivity contribution in [2.24, 2.45) is 11.8 Å². The topological polar surface area (TPSA) is 58.2 Å². The van der Waals surface area contributed by atoms with E-state index in [0.717, 1.165) is 25.8 Å². The molecule has 3 unspecified atom stereocenters. The molecule has 2 N–H and O–H groups in total. The van der Waals surface area contributed by atoms with Crippen LogP contribution in [0.3, 0.4) is 0 Å². The van der Waals surface area contributed by atoms with Gasteiger partial charge in [0.2, 0.25) is 10.0 Å². The largest absolute Gasteiger partial charge is 0.314 e. The number of hydrogen-bond donors (Lipinski definition) is 2. The van der Waals surface area contributed by atoms with Gasteiger partial charge in [0.1, 0.15) is 0 Å². The van der Waals surface area contributed by atoms with Gasteiger partial charge in [0.25, 0.3) is 0 Å². The van der Waals surface area contributed by atoms with Crippen molar-refractivity contribution in [1.82, 2.24) is 10.0 Å². The van der Waals surface area contributed by atoms with E-state index < -0.39 is 10.0 Å². The summed E-state index contributed by atoms with van der Waals surface area (Å²) >= 11 is 0. The highest BCUT2D eigenvalue weighted by molar-refractivity contribution is 7.89. The molecule has 0 radical (unpaired) electrons. The van der Waals surface area contributed by atoms with Crippen molar-refractivity contribution in [1.29, 1.82) is 0 Å². The Labute approximate surface area is 117 Å². The minimum absolute atomic E-state index is 0.159. The Morgan fingerprint density at radius 1 is 1.16 bits per heavy atom. The molecule has 0 heterocycles. The molecule has 0 amide bonds. The van der Waals surface area contributed by atoms with E-state index in [-0.39, 0.29) is 11.8 Å². The maximum absolute atomic E-state index is 12.0. The fraction of sp³-hybridized carbons (Fsp3) is 1.00. The predicted molar refractivity (Wildman–Crippen MR) is 78.5 cm³/mol. The van der Waals surface area contributed by atoms with Gasteiger partial charge in [-0.1, -0.05) is 20.3 Å². The lowest BCUT2D eigenvalue weighted by Crippen LogP contribution is -2.39. The molecule has 0 aromatic rings. The average Bonchev–Trinajstić information content (AvgIpc) is 3.12. The van der Waals surface area contributed by atoms with E-state index in [1.54, 1.807) is 0 Å². The normalized spacial score (nSPS) is 31.8. The summed E-state index contributed by atoms with van der Waals surface area (Å²) < 4.78 is 27.0. The molecule has 0 aliphatic heterocycles. The molecule has 19 heavy (non-hydrogen) atoms. The molecule has 0 spiro atoms. The summed E-state index contributed by atoms with van der Waals surface area (Å²) in [7, 11) is -3.10. The molecule has 2 saturated carbocycles. The van der Waals surface area contributed by atoms with Crippen LogP contribution in [0.15, 0.2) is 0 Å². The zero-order valence-electron chi connectivity index (χ0n) is 12.2. The summed E-state index contributed by atoms with van der Waals surface area (Å²) in [6.07, 6.45) is 6.54. The van der Waals surface area contributed by atoms with Gasteiger partial charge in [-0.25, -0.2) is 13.1 Å². The third-order valence-corrected chi connectivity index (χ3v) is 6.17. The second kappa shape index (κ2) is 6.55. The van der Waals surface area contributed by atoms with Crippen molar-refractivity contribution < 1.29 is 8.42 Å². The van der Waals surface area contributed by atoms with Crippen molar-refractivity contribution in [2.45, 2.75) is 64.5 Å².